The number of benzene rings is 3. The van der Waals surface area contributed by atoms with E-state index in [1.165, 1.54) is 6.21 Å². The van der Waals surface area contributed by atoms with E-state index in [0.29, 0.717) is 21.7 Å². The lowest BCUT2D eigenvalue weighted by atomic mass is 10.2. The number of amides is 2. The van der Waals surface area contributed by atoms with E-state index in [1.807, 2.05) is 6.07 Å². The molecule has 2 amide bonds. The Morgan fingerprint density at radius 3 is 2.41 bits per heavy atom. The predicted octanol–water partition coefficient (Wildman–Crippen LogP) is 4.04. The Labute approximate surface area is 202 Å². The van der Waals surface area contributed by atoms with Gasteiger partial charge in [-0.2, -0.15) is 5.10 Å². The van der Waals surface area contributed by atoms with Crippen LogP contribution in [-0.4, -0.2) is 30.5 Å². The first kappa shape index (κ1) is 23.4. The minimum Gasteiger partial charge on any atom is -0.422 e. The number of nitrogens with one attached hydrogen (secondary N) is 2. The number of carbonyl (C=O) groups is 3. The molecule has 7 nitrogen and oxygen atoms in total. The van der Waals surface area contributed by atoms with Gasteiger partial charge in [-0.15, -0.1) is 0 Å². The molecule has 0 aliphatic heterocycles. The highest BCUT2D eigenvalue weighted by Crippen LogP contribution is 2.18. The van der Waals surface area contributed by atoms with E-state index in [-0.39, 0.29) is 18.2 Å². The Kier molecular flexibility index (Phi) is 8.34. The molecule has 0 aromatic heterocycles. The second-order valence-corrected chi connectivity index (χ2v) is 7.99. The summed E-state index contributed by atoms with van der Waals surface area (Å²) in [4.78, 5) is 36.5. The Hall–Kier alpha value is -3.24. The summed E-state index contributed by atoms with van der Waals surface area (Å²) in [5, 5.41) is 6.93. The highest BCUT2D eigenvalue weighted by Gasteiger charge is 2.12. The van der Waals surface area contributed by atoms with Crippen molar-refractivity contribution < 1.29 is 19.1 Å². The van der Waals surface area contributed by atoms with Crippen molar-refractivity contribution in [2.24, 2.45) is 5.10 Å². The third-order valence-electron chi connectivity index (χ3n) is 4.12. The summed E-state index contributed by atoms with van der Waals surface area (Å²) in [6.07, 6.45) is 1.35. The number of halogens is 2. The summed E-state index contributed by atoms with van der Waals surface area (Å²) in [6.45, 7) is -0.242. The summed E-state index contributed by atoms with van der Waals surface area (Å²) in [5.41, 5.74) is 3.65. The molecule has 2 N–H and O–H groups in total. The number of ether oxygens (including phenoxy) is 1. The van der Waals surface area contributed by atoms with Crippen LogP contribution in [0.2, 0.25) is 5.02 Å². The molecule has 9 heteroatoms. The summed E-state index contributed by atoms with van der Waals surface area (Å²) in [6, 6.07) is 20.1. The van der Waals surface area contributed by atoms with Crippen molar-refractivity contribution in [3.05, 3.63) is 98.1 Å². The fourth-order valence-corrected chi connectivity index (χ4v) is 3.30. The molecule has 0 radical (unpaired) electrons. The number of carbonyl (C=O) groups excluding carboxylic acids is 3. The van der Waals surface area contributed by atoms with E-state index >= 15 is 0 Å². The van der Waals surface area contributed by atoms with Crippen LogP contribution in [0.4, 0.5) is 0 Å². The summed E-state index contributed by atoms with van der Waals surface area (Å²) in [7, 11) is 0. The fraction of sp³-hybridized carbons (Fsp3) is 0.0435. The van der Waals surface area contributed by atoms with Crippen molar-refractivity contribution in [3.8, 4) is 5.75 Å². The van der Waals surface area contributed by atoms with Crippen LogP contribution in [0.3, 0.4) is 0 Å². The maximum Gasteiger partial charge on any atom is 0.343 e. The summed E-state index contributed by atoms with van der Waals surface area (Å²) in [5.74, 6) is -1.13. The Bertz CT molecular complexity index is 1170. The predicted molar refractivity (Wildman–Crippen MR) is 130 cm³/mol. The second-order valence-electron chi connectivity index (χ2n) is 6.39. The van der Waals surface area contributed by atoms with E-state index in [4.69, 9.17) is 16.3 Å². The number of rotatable bonds is 7. The van der Waals surface area contributed by atoms with Crippen LogP contribution in [0.15, 0.2) is 77.9 Å². The molecule has 0 saturated heterocycles. The smallest absolute Gasteiger partial charge is 0.343 e. The normalized spacial score (nSPS) is 10.6. The molecule has 162 valence electrons. The SMILES string of the molecule is O=C(CNC(=O)c1ccccc1I)N/N=C\c1ccccc1OC(=O)c1ccc(Cl)cc1. The molecule has 32 heavy (non-hydrogen) atoms. The largest absolute Gasteiger partial charge is 0.422 e. The van der Waals surface area contributed by atoms with Crippen molar-refractivity contribution >= 4 is 58.2 Å². The van der Waals surface area contributed by atoms with Crippen molar-refractivity contribution in [1.29, 1.82) is 0 Å². The highest BCUT2D eigenvalue weighted by molar-refractivity contribution is 14.1. The van der Waals surface area contributed by atoms with Gasteiger partial charge in [0.05, 0.1) is 23.9 Å². The standard InChI is InChI=1S/C23H17ClIN3O4/c24-17-11-9-15(10-12-17)23(31)32-20-8-4-1-5-16(20)13-27-28-21(29)14-26-22(30)18-6-2-3-7-19(18)25/h1-13H,14H2,(H,26,30)(H,28,29)/b27-13-. The topological polar surface area (TPSA) is 96.9 Å². The van der Waals surface area contributed by atoms with Crippen LogP contribution < -0.4 is 15.5 Å². The third kappa shape index (κ3) is 6.63. The number of hydrogen-bond donors (Lipinski definition) is 2. The lowest BCUT2D eigenvalue weighted by Gasteiger charge is -2.08. The van der Waals surface area contributed by atoms with E-state index < -0.39 is 11.9 Å². The van der Waals surface area contributed by atoms with Crippen molar-refractivity contribution in [2.45, 2.75) is 0 Å². The molecule has 0 unspecified atom stereocenters. The van der Waals surface area contributed by atoms with Gasteiger partial charge < -0.3 is 10.1 Å². The van der Waals surface area contributed by atoms with Gasteiger partial charge in [0, 0.05) is 14.2 Å². The van der Waals surface area contributed by atoms with Crippen LogP contribution in [-0.2, 0) is 4.79 Å². The molecule has 0 heterocycles. The summed E-state index contributed by atoms with van der Waals surface area (Å²) >= 11 is 7.89. The van der Waals surface area contributed by atoms with Crippen LogP contribution in [0.25, 0.3) is 0 Å². The number of hydrogen-bond acceptors (Lipinski definition) is 5. The first-order valence-corrected chi connectivity index (χ1v) is 10.8. The molecular weight excluding hydrogens is 545 g/mol. The minimum absolute atomic E-state index is 0.242. The molecule has 0 fully saturated rings. The molecule has 3 aromatic rings. The van der Waals surface area contributed by atoms with Crippen molar-refractivity contribution in [3.63, 3.8) is 0 Å². The molecule has 3 rings (SSSR count). The van der Waals surface area contributed by atoms with Crippen LogP contribution in [0.5, 0.6) is 5.75 Å². The van der Waals surface area contributed by atoms with E-state index in [1.54, 1.807) is 66.7 Å². The third-order valence-corrected chi connectivity index (χ3v) is 5.32. The maximum atomic E-state index is 12.3. The van der Waals surface area contributed by atoms with Crippen molar-refractivity contribution in [2.75, 3.05) is 6.54 Å². The molecule has 3 aromatic carbocycles. The average molecular weight is 562 g/mol. The number of para-hydroxylation sites is 1. The lowest BCUT2D eigenvalue weighted by Crippen LogP contribution is -2.35. The van der Waals surface area contributed by atoms with Gasteiger partial charge in [-0.05, 0) is 71.1 Å². The highest BCUT2D eigenvalue weighted by atomic mass is 127. The second kappa shape index (κ2) is 11.4. The Morgan fingerprint density at radius 2 is 1.66 bits per heavy atom. The molecule has 0 spiro atoms. The first-order chi connectivity index (χ1) is 15.4. The van der Waals surface area contributed by atoms with Crippen LogP contribution in [0.1, 0.15) is 26.3 Å². The molecule has 0 atom stereocenters. The Balaban J connectivity index is 1.55. The van der Waals surface area contributed by atoms with Gasteiger partial charge in [0.1, 0.15) is 5.75 Å². The maximum absolute atomic E-state index is 12.3. The number of hydrazone groups is 1. The van der Waals surface area contributed by atoms with Crippen molar-refractivity contribution in [1.82, 2.24) is 10.7 Å². The zero-order valence-corrected chi connectivity index (χ0v) is 19.5. The van der Waals surface area contributed by atoms with E-state index in [2.05, 4.69) is 38.4 Å². The van der Waals surface area contributed by atoms with Crippen LogP contribution >= 0.6 is 34.2 Å². The molecule has 0 bridgehead atoms. The minimum atomic E-state index is -0.551. The molecule has 0 aliphatic rings. The quantitative estimate of drug-likeness (QED) is 0.150. The summed E-state index contributed by atoms with van der Waals surface area (Å²) < 4.78 is 6.21. The Morgan fingerprint density at radius 1 is 0.969 bits per heavy atom. The van der Waals surface area contributed by atoms with E-state index in [0.717, 1.165) is 3.57 Å². The number of esters is 1. The molecular formula is C23H17ClIN3O4. The molecule has 0 aliphatic carbocycles. The lowest BCUT2D eigenvalue weighted by molar-refractivity contribution is -0.120. The molecule has 0 saturated carbocycles. The van der Waals surface area contributed by atoms with Gasteiger partial charge in [-0.3, -0.25) is 9.59 Å². The average Bonchev–Trinajstić information content (AvgIpc) is 2.79. The fourth-order valence-electron chi connectivity index (χ4n) is 2.54. The van der Waals surface area contributed by atoms with Gasteiger partial charge in [0.25, 0.3) is 11.8 Å². The zero-order chi connectivity index (χ0) is 22.9. The number of nitrogens with zero attached hydrogens (tertiary/aromatic N) is 1. The van der Waals surface area contributed by atoms with Gasteiger partial charge >= 0.3 is 5.97 Å². The van der Waals surface area contributed by atoms with Gasteiger partial charge in [-0.25, -0.2) is 10.2 Å². The van der Waals surface area contributed by atoms with Gasteiger partial charge in [0.2, 0.25) is 0 Å². The van der Waals surface area contributed by atoms with Gasteiger partial charge in [0.15, 0.2) is 0 Å². The first-order valence-electron chi connectivity index (χ1n) is 9.35. The van der Waals surface area contributed by atoms with Crippen LogP contribution in [0, 0.1) is 3.57 Å². The zero-order valence-electron chi connectivity index (χ0n) is 16.5. The van der Waals surface area contributed by atoms with E-state index in [9.17, 15) is 14.4 Å². The monoisotopic (exact) mass is 561 g/mol. The van der Waals surface area contributed by atoms with Gasteiger partial charge in [-0.1, -0.05) is 35.9 Å².